The van der Waals surface area contributed by atoms with E-state index in [1.807, 2.05) is 0 Å². The number of hydrogen-bond donors (Lipinski definition) is 0. The van der Waals surface area contributed by atoms with Crippen LogP contribution < -0.4 is 0 Å². The summed E-state index contributed by atoms with van der Waals surface area (Å²) in [5, 5.41) is 0. The van der Waals surface area contributed by atoms with Crippen molar-refractivity contribution in [1.29, 1.82) is 0 Å². The quantitative estimate of drug-likeness (QED) is 0.589. The SMILES string of the molecule is CCCC(/C=C\Cc1ccc(C)cc1)c1ccccc1. The van der Waals surface area contributed by atoms with Gasteiger partial charge in [0.15, 0.2) is 0 Å². The number of aryl methyl sites for hydroxylation is 1. The molecule has 0 bridgehead atoms. The summed E-state index contributed by atoms with van der Waals surface area (Å²) < 4.78 is 0. The Bertz CT molecular complexity index is 520. The van der Waals surface area contributed by atoms with E-state index >= 15 is 0 Å². The van der Waals surface area contributed by atoms with E-state index in [2.05, 4.69) is 80.6 Å². The van der Waals surface area contributed by atoms with Crippen LogP contribution in [0.15, 0.2) is 66.7 Å². The van der Waals surface area contributed by atoms with Crippen LogP contribution in [-0.2, 0) is 6.42 Å². The zero-order valence-corrected chi connectivity index (χ0v) is 12.5. The molecule has 0 spiro atoms. The van der Waals surface area contributed by atoms with Crippen molar-refractivity contribution in [3.8, 4) is 0 Å². The van der Waals surface area contributed by atoms with E-state index in [-0.39, 0.29) is 0 Å². The molecule has 0 nitrogen and oxygen atoms in total. The standard InChI is InChI=1S/C20H24/c1-3-8-19(20-10-5-4-6-11-20)12-7-9-18-15-13-17(2)14-16-18/h4-7,10-16,19H,3,8-9H2,1-2H3/b12-7-. The van der Waals surface area contributed by atoms with E-state index in [0.29, 0.717) is 5.92 Å². The van der Waals surface area contributed by atoms with E-state index in [1.165, 1.54) is 29.5 Å². The summed E-state index contributed by atoms with van der Waals surface area (Å²) in [4.78, 5) is 0. The van der Waals surface area contributed by atoms with Crippen molar-refractivity contribution in [2.45, 2.75) is 39.0 Å². The highest BCUT2D eigenvalue weighted by Crippen LogP contribution is 2.22. The lowest BCUT2D eigenvalue weighted by atomic mass is 9.93. The Morgan fingerprint density at radius 2 is 1.65 bits per heavy atom. The van der Waals surface area contributed by atoms with Gasteiger partial charge in [-0.05, 0) is 30.9 Å². The molecule has 0 aliphatic carbocycles. The van der Waals surface area contributed by atoms with Crippen molar-refractivity contribution in [3.63, 3.8) is 0 Å². The summed E-state index contributed by atoms with van der Waals surface area (Å²) in [6.45, 7) is 4.38. The lowest BCUT2D eigenvalue weighted by molar-refractivity contribution is 0.715. The van der Waals surface area contributed by atoms with E-state index in [0.717, 1.165) is 6.42 Å². The van der Waals surface area contributed by atoms with Crippen molar-refractivity contribution >= 4 is 0 Å². The van der Waals surface area contributed by atoms with Crippen LogP contribution in [0.5, 0.6) is 0 Å². The first-order chi connectivity index (χ1) is 9.79. The van der Waals surface area contributed by atoms with Gasteiger partial charge in [0.25, 0.3) is 0 Å². The summed E-state index contributed by atoms with van der Waals surface area (Å²) in [7, 11) is 0. The van der Waals surface area contributed by atoms with Crippen LogP contribution >= 0.6 is 0 Å². The molecule has 2 rings (SSSR count). The molecule has 20 heavy (non-hydrogen) atoms. The predicted molar refractivity (Wildman–Crippen MR) is 88.1 cm³/mol. The number of allylic oxidation sites excluding steroid dienone is 2. The fraction of sp³-hybridized carbons (Fsp3) is 0.300. The molecule has 2 aromatic carbocycles. The maximum Gasteiger partial charge on any atom is 0.00179 e. The molecule has 0 heteroatoms. The van der Waals surface area contributed by atoms with Crippen LogP contribution in [0.4, 0.5) is 0 Å². The number of hydrogen-bond acceptors (Lipinski definition) is 0. The molecule has 0 aliphatic heterocycles. The Morgan fingerprint density at radius 1 is 0.950 bits per heavy atom. The molecule has 0 saturated carbocycles. The molecular weight excluding hydrogens is 240 g/mol. The van der Waals surface area contributed by atoms with Gasteiger partial charge < -0.3 is 0 Å². The van der Waals surface area contributed by atoms with Crippen LogP contribution in [0, 0.1) is 6.92 Å². The number of benzene rings is 2. The normalized spacial score (nSPS) is 12.7. The molecule has 2 aromatic rings. The van der Waals surface area contributed by atoms with Gasteiger partial charge in [-0.2, -0.15) is 0 Å². The van der Waals surface area contributed by atoms with Crippen molar-refractivity contribution < 1.29 is 0 Å². The largest absolute Gasteiger partial charge is 0.0835 e. The second-order valence-electron chi connectivity index (χ2n) is 5.42. The topological polar surface area (TPSA) is 0 Å². The molecule has 0 fully saturated rings. The van der Waals surface area contributed by atoms with Crippen LogP contribution in [0.3, 0.4) is 0 Å². The zero-order valence-electron chi connectivity index (χ0n) is 12.5. The van der Waals surface area contributed by atoms with Crippen molar-refractivity contribution in [1.82, 2.24) is 0 Å². The maximum atomic E-state index is 2.37. The molecule has 0 heterocycles. The Labute approximate surface area is 123 Å². The van der Waals surface area contributed by atoms with Crippen molar-refractivity contribution in [2.75, 3.05) is 0 Å². The van der Waals surface area contributed by atoms with Gasteiger partial charge in [-0.1, -0.05) is 85.7 Å². The Kier molecular flexibility index (Phi) is 5.61. The first kappa shape index (κ1) is 14.6. The molecule has 1 unspecified atom stereocenters. The summed E-state index contributed by atoms with van der Waals surface area (Å²) in [5.41, 5.74) is 4.13. The Hall–Kier alpha value is -1.82. The van der Waals surface area contributed by atoms with Gasteiger partial charge >= 0.3 is 0 Å². The molecular formula is C20H24. The smallest absolute Gasteiger partial charge is 0.00179 e. The van der Waals surface area contributed by atoms with E-state index < -0.39 is 0 Å². The fourth-order valence-corrected chi connectivity index (χ4v) is 2.48. The summed E-state index contributed by atoms with van der Waals surface area (Å²) in [5.74, 6) is 0.548. The monoisotopic (exact) mass is 264 g/mol. The second kappa shape index (κ2) is 7.69. The van der Waals surface area contributed by atoms with Gasteiger partial charge in [0.1, 0.15) is 0 Å². The molecule has 0 N–H and O–H groups in total. The number of rotatable bonds is 6. The minimum absolute atomic E-state index is 0.548. The average Bonchev–Trinajstić information content (AvgIpc) is 2.49. The highest BCUT2D eigenvalue weighted by atomic mass is 14.1. The average molecular weight is 264 g/mol. The summed E-state index contributed by atoms with van der Waals surface area (Å²) >= 11 is 0. The molecule has 0 radical (unpaired) electrons. The van der Waals surface area contributed by atoms with Gasteiger partial charge in [-0.25, -0.2) is 0 Å². The zero-order chi connectivity index (χ0) is 14.2. The maximum absolute atomic E-state index is 2.37. The van der Waals surface area contributed by atoms with Crippen molar-refractivity contribution in [3.05, 3.63) is 83.4 Å². The van der Waals surface area contributed by atoms with E-state index in [9.17, 15) is 0 Å². The van der Waals surface area contributed by atoms with Crippen LogP contribution in [-0.4, -0.2) is 0 Å². The molecule has 0 aliphatic rings. The Morgan fingerprint density at radius 3 is 2.30 bits per heavy atom. The molecule has 0 amide bonds. The first-order valence-corrected chi connectivity index (χ1v) is 7.56. The van der Waals surface area contributed by atoms with Crippen LogP contribution in [0.1, 0.15) is 42.4 Å². The van der Waals surface area contributed by atoms with Crippen LogP contribution in [0.2, 0.25) is 0 Å². The van der Waals surface area contributed by atoms with Gasteiger partial charge in [-0.3, -0.25) is 0 Å². The third kappa shape index (κ3) is 4.38. The fourth-order valence-electron chi connectivity index (χ4n) is 2.48. The molecule has 0 aromatic heterocycles. The van der Waals surface area contributed by atoms with E-state index in [1.54, 1.807) is 0 Å². The van der Waals surface area contributed by atoms with Crippen LogP contribution in [0.25, 0.3) is 0 Å². The lowest BCUT2D eigenvalue weighted by Crippen LogP contribution is -1.94. The molecule has 0 saturated heterocycles. The Balaban J connectivity index is 2.01. The van der Waals surface area contributed by atoms with Gasteiger partial charge in [0, 0.05) is 5.92 Å². The third-order valence-corrected chi connectivity index (χ3v) is 3.67. The lowest BCUT2D eigenvalue weighted by Gasteiger charge is -2.12. The van der Waals surface area contributed by atoms with Gasteiger partial charge in [0.05, 0.1) is 0 Å². The highest BCUT2D eigenvalue weighted by Gasteiger charge is 2.05. The molecule has 104 valence electrons. The van der Waals surface area contributed by atoms with E-state index in [4.69, 9.17) is 0 Å². The highest BCUT2D eigenvalue weighted by molar-refractivity contribution is 5.26. The summed E-state index contributed by atoms with van der Waals surface area (Å²) in [6.07, 6.45) is 8.15. The second-order valence-corrected chi connectivity index (χ2v) is 5.42. The minimum Gasteiger partial charge on any atom is -0.0835 e. The predicted octanol–water partition coefficient (Wildman–Crippen LogP) is 5.68. The minimum atomic E-state index is 0.548. The summed E-state index contributed by atoms with van der Waals surface area (Å²) in [6, 6.07) is 19.6. The van der Waals surface area contributed by atoms with Gasteiger partial charge in [0.2, 0.25) is 0 Å². The third-order valence-electron chi connectivity index (χ3n) is 3.67. The van der Waals surface area contributed by atoms with Crippen molar-refractivity contribution in [2.24, 2.45) is 0 Å². The van der Waals surface area contributed by atoms with Gasteiger partial charge in [-0.15, -0.1) is 0 Å². The first-order valence-electron chi connectivity index (χ1n) is 7.56. The molecule has 1 atom stereocenters.